The summed E-state index contributed by atoms with van der Waals surface area (Å²) in [5.74, 6) is 0.121. The minimum atomic E-state index is -0.509. The Kier molecular flexibility index (Phi) is 2.29. The molecule has 0 spiro atoms. The summed E-state index contributed by atoms with van der Waals surface area (Å²) in [6, 6.07) is 1.56. The smallest absolute Gasteiger partial charge is 0.356 e. The average molecular weight is 214 g/mol. The molecule has 2 heterocycles. The van der Waals surface area contributed by atoms with Gasteiger partial charge in [0.25, 0.3) is 0 Å². The molecule has 0 N–H and O–H groups in total. The molecule has 5 heteroatoms. The van der Waals surface area contributed by atoms with E-state index in [1.54, 1.807) is 6.07 Å². The number of pyridine rings is 1. The van der Waals surface area contributed by atoms with Crippen LogP contribution in [0.15, 0.2) is 6.07 Å². The molecule has 0 saturated carbocycles. The molecule has 74 valence electrons. The van der Waals surface area contributed by atoms with Gasteiger partial charge in [0, 0.05) is 18.1 Å². The molecule has 1 aromatic rings. The average Bonchev–Trinajstić information content (AvgIpc) is 2.64. The molecule has 0 fully saturated rings. The molecule has 0 atom stereocenters. The lowest BCUT2D eigenvalue weighted by molar-refractivity contribution is 0.0593. The van der Waals surface area contributed by atoms with Gasteiger partial charge in [0.05, 0.1) is 13.7 Å². The van der Waals surface area contributed by atoms with E-state index < -0.39 is 5.97 Å². The van der Waals surface area contributed by atoms with E-state index in [0.717, 1.165) is 12.0 Å². The maximum absolute atomic E-state index is 11.2. The van der Waals surface area contributed by atoms with E-state index in [1.165, 1.54) is 7.11 Å². The van der Waals surface area contributed by atoms with Gasteiger partial charge in [-0.25, -0.2) is 9.78 Å². The molecular formula is C9H8ClNO3. The highest BCUT2D eigenvalue weighted by Gasteiger charge is 2.20. The van der Waals surface area contributed by atoms with Crippen molar-refractivity contribution in [3.63, 3.8) is 0 Å². The van der Waals surface area contributed by atoms with Crippen molar-refractivity contribution in [3.05, 3.63) is 22.5 Å². The number of methoxy groups -OCH3 is 1. The zero-order chi connectivity index (χ0) is 10.1. The molecule has 1 aromatic heterocycles. The predicted molar refractivity (Wildman–Crippen MR) is 49.8 cm³/mol. The quantitative estimate of drug-likeness (QED) is 0.524. The molecule has 0 unspecified atom stereocenters. The first-order valence-corrected chi connectivity index (χ1v) is 4.50. The summed E-state index contributed by atoms with van der Waals surface area (Å²) < 4.78 is 9.82. The standard InChI is InChI=1S/C9H8ClNO3/c1-13-9(12)6-4-7-5(2-3-14-7)8(10)11-6/h4H,2-3H2,1H3. The minimum absolute atomic E-state index is 0.179. The van der Waals surface area contributed by atoms with Crippen molar-refractivity contribution in [3.8, 4) is 5.75 Å². The van der Waals surface area contributed by atoms with Gasteiger partial charge in [0.1, 0.15) is 10.9 Å². The number of nitrogens with zero attached hydrogens (tertiary/aromatic N) is 1. The van der Waals surface area contributed by atoms with Gasteiger partial charge >= 0.3 is 5.97 Å². The Morgan fingerprint density at radius 1 is 1.71 bits per heavy atom. The number of carbonyl (C=O) groups is 1. The lowest BCUT2D eigenvalue weighted by atomic mass is 10.2. The van der Waals surface area contributed by atoms with Gasteiger partial charge in [-0.1, -0.05) is 11.6 Å². The highest BCUT2D eigenvalue weighted by Crippen LogP contribution is 2.31. The van der Waals surface area contributed by atoms with Gasteiger partial charge in [0.15, 0.2) is 5.69 Å². The van der Waals surface area contributed by atoms with E-state index in [2.05, 4.69) is 9.72 Å². The van der Waals surface area contributed by atoms with Crippen molar-refractivity contribution in [1.82, 2.24) is 4.98 Å². The molecule has 1 aliphatic heterocycles. The third-order valence-electron chi connectivity index (χ3n) is 2.04. The summed E-state index contributed by atoms with van der Waals surface area (Å²) in [6.45, 7) is 0.585. The predicted octanol–water partition coefficient (Wildman–Crippen LogP) is 1.46. The number of rotatable bonds is 1. The van der Waals surface area contributed by atoms with Gasteiger partial charge in [0.2, 0.25) is 0 Å². The van der Waals surface area contributed by atoms with E-state index in [1.807, 2.05) is 0 Å². The Morgan fingerprint density at radius 2 is 2.50 bits per heavy atom. The highest BCUT2D eigenvalue weighted by atomic mass is 35.5. The third kappa shape index (κ3) is 1.42. The largest absolute Gasteiger partial charge is 0.493 e. The van der Waals surface area contributed by atoms with E-state index in [-0.39, 0.29) is 5.69 Å². The molecule has 1 aliphatic rings. The summed E-state index contributed by atoms with van der Waals surface area (Å²) >= 11 is 5.88. The van der Waals surface area contributed by atoms with Crippen molar-refractivity contribution in [2.24, 2.45) is 0 Å². The number of hydrogen-bond acceptors (Lipinski definition) is 4. The number of hydrogen-bond donors (Lipinski definition) is 0. The second-order valence-electron chi connectivity index (χ2n) is 2.87. The number of halogens is 1. The van der Waals surface area contributed by atoms with E-state index in [0.29, 0.717) is 17.5 Å². The Hall–Kier alpha value is -1.29. The lowest BCUT2D eigenvalue weighted by Crippen LogP contribution is -2.04. The first-order chi connectivity index (χ1) is 6.72. The number of fused-ring (bicyclic) bond motifs is 1. The molecule has 14 heavy (non-hydrogen) atoms. The van der Waals surface area contributed by atoms with Crippen molar-refractivity contribution in [1.29, 1.82) is 0 Å². The first kappa shape index (κ1) is 9.27. The molecule has 0 bridgehead atoms. The molecule has 0 radical (unpaired) electrons. The number of aromatic nitrogens is 1. The third-order valence-corrected chi connectivity index (χ3v) is 2.35. The van der Waals surface area contributed by atoms with Gasteiger partial charge < -0.3 is 9.47 Å². The van der Waals surface area contributed by atoms with Crippen LogP contribution in [0, 0.1) is 0 Å². The molecule has 0 saturated heterocycles. The first-order valence-electron chi connectivity index (χ1n) is 4.13. The van der Waals surface area contributed by atoms with Crippen molar-refractivity contribution >= 4 is 17.6 Å². The molecule has 4 nitrogen and oxygen atoms in total. The van der Waals surface area contributed by atoms with Crippen LogP contribution in [-0.4, -0.2) is 24.7 Å². The van der Waals surface area contributed by atoms with Crippen molar-refractivity contribution in [2.45, 2.75) is 6.42 Å². The maximum atomic E-state index is 11.2. The SMILES string of the molecule is COC(=O)c1cc2c(c(Cl)n1)CCO2. The fraction of sp³-hybridized carbons (Fsp3) is 0.333. The molecule has 0 aromatic carbocycles. The van der Waals surface area contributed by atoms with E-state index >= 15 is 0 Å². The molecule has 2 rings (SSSR count). The summed E-state index contributed by atoms with van der Waals surface area (Å²) in [6.07, 6.45) is 0.739. The van der Waals surface area contributed by atoms with Crippen molar-refractivity contribution in [2.75, 3.05) is 13.7 Å². The zero-order valence-corrected chi connectivity index (χ0v) is 8.30. The summed E-state index contributed by atoms with van der Waals surface area (Å²) in [4.78, 5) is 15.1. The number of carbonyl (C=O) groups excluding carboxylic acids is 1. The van der Waals surface area contributed by atoms with Crippen molar-refractivity contribution < 1.29 is 14.3 Å². The second kappa shape index (κ2) is 3.46. The fourth-order valence-corrected chi connectivity index (χ4v) is 1.62. The van der Waals surface area contributed by atoms with Gasteiger partial charge in [-0.15, -0.1) is 0 Å². The van der Waals surface area contributed by atoms with Crippen LogP contribution in [0.25, 0.3) is 0 Å². The van der Waals surface area contributed by atoms with Gasteiger partial charge in [-0.2, -0.15) is 0 Å². The number of ether oxygens (including phenoxy) is 2. The topological polar surface area (TPSA) is 48.4 Å². The van der Waals surface area contributed by atoms with Gasteiger partial charge in [-0.05, 0) is 0 Å². The van der Waals surface area contributed by atoms with Crippen LogP contribution in [0.3, 0.4) is 0 Å². The van der Waals surface area contributed by atoms with Gasteiger partial charge in [-0.3, -0.25) is 0 Å². The monoisotopic (exact) mass is 213 g/mol. The van der Waals surface area contributed by atoms with Crippen LogP contribution in [0.1, 0.15) is 16.1 Å². The Morgan fingerprint density at radius 3 is 3.21 bits per heavy atom. The normalized spacial score (nSPS) is 13.3. The zero-order valence-electron chi connectivity index (χ0n) is 7.54. The van der Waals surface area contributed by atoms with Crippen LogP contribution in [0.2, 0.25) is 5.15 Å². The summed E-state index contributed by atoms with van der Waals surface area (Å²) in [7, 11) is 1.30. The lowest BCUT2D eigenvalue weighted by Gasteiger charge is -2.03. The van der Waals surface area contributed by atoms with Crippen LogP contribution in [-0.2, 0) is 11.2 Å². The number of esters is 1. The summed E-state index contributed by atoms with van der Waals surface area (Å²) in [5.41, 5.74) is 1.04. The van der Waals surface area contributed by atoms with E-state index in [4.69, 9.17) is 16.3 Å². The van der Waals surface area contributed by atoms with Crippen LogP contribution < -0.4 is 4.74 Å². The van der Waals surface area contributed by atoms with Crippen LogP contribution in [0.4, 0.5) is 0 Å². The van der Waals surface area contributed by atoms with Crippen LogP contribution >= 0.6 is 11.6 Å². The highest BCUT2D eigenvalue weighted by molar-refractivity contribution is 6.30. The Labute approximate surface area is 85.8 Å². The fourth-order valence-electron chi connectivity index (χ4n) is 1.35. The minimum Gasteiger partial charge on any atom is -0.493 e. The molecular weight excluding hydrogens is 206 g/mol. The maximum Gasteiger partial charge on any atom is 0.356 e. The Bertz CT molecular complexity index is 392. The summed E-state index contributed by atoms with van der Waals surface area (Å²) in [5, 5.41) is 0.320. The second-order valence-corrected chi connectivity index (χ2v) is 3.22. The van der Waals surface area contributed by atoms with E-state index in [9.17, 15) is 4.79 Å². The molecule has 0 amide bonds. The Balaban J connectivity index is 2.46. The van der Waals surface area contributed by atoms with Crippen LogP contribution in [0.5, 0.6) is 5.75 Å². The molecule has 0 aliphatic carbocycles.